The smallest absolute Gasteiger partial charge is 0.138 e. The van der Waals surface area contributed by atoms with Gasteiger partial charge in [-0.1, -0.05) is 24.3 Å². The van der Waals surface area contributed by atoms with Gasteiger partial charge in [-0.15, -0.1) is 0 Å². The molecule has 2 aromatic rings. The van der Waals surface area contributed by atoms with Crippen molar-refractivity contribution in [3.05, 3.63) is 42.1 Å². The van der Waals surface area contributed by atoms with E-state index in [1.54, 1.807) is 0 Å². The summed E-state index contributed by atoms with van der Waals surface area (Å²) >= 11 is 0. The molecule has 0 aliphatic carbocycles. The van der Waals surface area contributed by atoms with E-state index >= 15 is 0 Å². The van der Waals surface area contributed by atoms with Crippen LogP contribution in [0.5, 0.6) is 0 Å². The molecule has 1 atom stereocenters. The van der Waals surface area contributed by atoms with Gasteiger partial charge in [0.25, 0.3) is 0 Å². The molecule has 1 aromatic heterocycles. The summed E-state index contributed by atoms with van der Waals surface area (Å²) in [5.41, 5.74) is 1.86. The second-order valence-corrected chi connectivity index (χ2v) is 5.61. The first-order valence-corrected chi connectivity index (χ1v) is 7.38. The van der Waals surface area contributed by atoms with Gasteiger partial charge in [0.05, 0.1) is 5.52 Å². The predicted octanol–water partition coefficient (Wildman–Crippen LogP) is 2.74. The van der Waals surface area contributed by atoms with Crippen molar-refractivity contribution in [2.75, 3.05) is 13.1 Å². The molecule has 0 spiro atoms. The second kappa shape index (κ2) is 6.14. The van der Waals surface area contributed by atoms with E-state index in [0.29, 0.717) is 24.5 Å². The van der Waals surface area contributed by atoms with Gasteiger partial charge in [-0.3, -0.25) is 9.78 Å². The van der Waals surface area contributed by atoms with E-state index in [2.05, 4.69) is 10.3 Å². The van der Waals surface area contributed by atoms with Crippen molar-refractivity contribution in [1.29, 1.82) is 0 Å². The highest BCUT2D eigenvalue weighted by Gasteiger charge is 2.16. The van der Waals surface area contributed by atoms with Crippen LogP contribution in [0.15, 0.2) is 36.4 Å². The number of carbonyl (C=O) groups excluding carboxylic acids is 1. The molecule has 1 aliphatic rings. The fraction of sp³-hybridized carbons (Fsp3) is 0.412. The number of para-hydroxylation sites is 1. The van der Waals surface area contributed by atoms with Crippen LogP contribution in [0.3, 0.4) is 0 Å². The van der Waals surface area contributed by atoms with Gasteiger partial charge in [0, 0.05) is 23.9 Å². The fourth-order valence-electron chi connectivity index (χ4n) is 2.82. The topological polar surface area (TPSA) is 42.0 Å². The predicted molar refractivity (Wildman–Crippen MR) is 80.7 cm³/mol. The largest absolute Gasteiger partial charge is 0.316 e. The van der Waals surface area contributed by atoms with Crippen LogP contribution in [0.4, 0.5) is 0 Å². The third kappa shape index (κ3) is 3.23. The van der Waals surface area contributed by atoms with Crippen LogP contribution in [0.1, 0.15) is 25.0 Å². The van der Waals surface area contributed by atoms with Crippen molar-refractivity contribution in [3.8, 4) is 0 Å². The number of Topliss-reactive ketones (excluding diaryl/α,β-unsaturated/α-hetero) is 1. The Bertz CT molecular complexity index is 603. The molecule has 1 aliphatic heterocycles. The number of fused-ring (bicyclic) bond motifs is 1. The summed E-state index contributed by atoms with van der Waals surface area (Å²) in [6.45, 7) is 2.17. The molecule has 2 heterocycles. The van der Waals surface area contributed by atoms with Gasteiger partial charge in [-0.2, -0.15) is 0 Å². The van der Waals surface area contributed by atoms with E-state index in [0.717, 1.165) is 36.1 Å². The zero-order valence-electron chi connectivity index (χ0n) is 11.6. The maximum atomic E-state index is 12.0. The Hall–Kier alpha value is -1.74. The molecule has 0 saturated carbocycles. The first kappa shape index (κ1) is 13.3. The van der Waals surface area contributed by atoms with Crippen molar-refractivity contribution < 1.29 is 4.79 Å². The number of nitrogens with zero attached hydrogens (tertiary/aromatic N) is 1. The van der Waals surface area contributed by atoms with Crippen molar-refractivity contribution in [3.63, 3.8) is 0 Å². The summed E-state index contributed by atoms with van der Waals surface area (Å²) in [4.78, 5) is 16.6. The molecule has 1 fully saturated rings. The van der Waals surface area contributed by atoms with Crippen molar-refractivity contribution in [2.24, 2.45) is 5.92 Å². The minimum Gasteiger partial charge on any atom is -0.316 e. The first-order valence-electron chi connectivity index (χ1n) is 7.38. The minimum absolute atomic E-state index is 0.305. The van der Waals surface area contributed by atoms with E-state index in [4.69, 9.17) is 0 Å². The monoisotopic (exact) mass is 268 g/mol. The first-order chi connectivity index (χ1) is 9.81. The summed E-state index contributed by atoms with van der Waals surface area (Å²) in [6.07, 6.45) is 3.37. The maximum absolute atomic E-state index is 12.0. The van der Waals surface area contributed by atoms with Crippen LogP contribution in [-0.2, 0) is 11.2 Å². The standard InChI is InChI=1S/C17H20N2O/c20-16(8-5-13-9-10-18-12-13)11-15-7-6-14-3-1-2-4-17(14)19-15/h1-4,6-7,13,18H,5,8-12H2. The number of nitrogens with one attached hydrogen (secondary N) is 1. The lowest BCUT2D eigenvalue weighted by atomic mass is 9.99. The average Bonchev–Trinajstić information content (AvgIpc) is 2.98. The van der Waals surface area contributed by atoms with E-state index in [-0.39, 0.29) is 0 Å². The van der Waals surface area contributed by atoms with E-state index in [1.165, 1.54) is 6.42 Å². The number of rotatable bonds is 5. The molecule has 0 bridgehead atoms. The van der Waals surface area contributed by atoms with E-state index in [9.17, 15) is 4.79 Å². The van der Waals surface area contributed by atoms with Gasteiger partial charge in [-0.25, -0.2) is 0 Å². The number of hydrogen-bond donors (Lipinski definition) is 1. The molecule has 0 amide bonds. The summed E-state index contributed by atoms with van der Waals surface area (Å²) in [7, 11) is 0. The summed E-state index contributed by atoms with van der Waals surface area (Å²) in [5, 5.41) is 4.47. The van der Waals surface area contributed by atoms with Gasteiger partial charge < -0.3 is 5.32 Å². The molecule has 1 unspecified atom stereocenters. The van der Waals surface area contributed by atoms with Crippen LogP contribution in [0.25, 0.3) is 10.9 Å². The zero-order chi connectivity index (χ0) is 13.8. The van der Waals surface area contributed by atoms with Crippen LogP contribution in [0, 0.1) is 5.92 Å². The van der Waals surface area contributed by atoms with Crippen molar-refractivity contribution in [1.82, 2.24) is 10.3 Å². The lowest BCUT2D eigenvalue weighted by Gasteiger charge is -2.07. The van der Waals surface area contributed by atoms with Crippen LogP contribution in [-0.4, -0.2) is 23.9 Å². The molecule has 1 N–H and O–H groups in total. The van der Waals surface area contributed by atoms with E-state index < -0.39 is 0 Å². The Morgan fingerprint density at radius 3 is 3.00 bits per heavy atom. The number of ketones is 1. The van der Waals surface area contributed by atoms with Crippen LogP contribution in [0.2, 0.25) is 0 Å². The normalized spacial score (nSPS) is 18.5. The highest BCUT2D eigenvalue weighted by Crippen LogP contribution is 2.16. The van der Waals surface area contributed by atoms with Crippen molar-refractivity contribution >= 4 is 16.7 Å². The third-order valence-corrected chi connectivity index (χ3v) is 4.03. The quantitative estimate of drug-likeness (QED) is 0.906. The van der Waals surface area contributed by atoms with Gasteiger partial charge in [-0.05, 0) is 44.0 Å². The van der Waals surface area contributed by atoms with Crippen LogP contribution < -0.4 is 5.32 Å². The van der Waals surface area contributed by atoms with Gasteiger partial charge in [0.2, 0.25) is 0 Å². The minimum atomic E-state index is 0.305. The molecule has 20 heavy (non-hydrogen) atoms. The summed E-state index contributed by atoms with van der Waals surface area (Å²) in [6, 6.07) is 12.0. The zero-order valence-corrected chi connectivity index (χ0v) is 11.6. The average molecular weight is 268 g/mol. The number of benzene rings is 1. The summed E-state index contributed by atoms with van der Waals surface area (Å²) < 4.78 is 0. The number of hydrogen-bond acceptors (Lipinski definition) is 3. The molecule has 1 saturated heterocycles. The third-order valence-electron chi connectivity index (χ3n) is 4.03. The second-order valence-electron chi connectivity index (χ2n) is 5.61. The number of aromatic nitrogens is 1. The highest BCUT2D eigenvalue weighted by atomic mass is 16.1. The highest BCUT2D eigenvalue weighted by molar-refractivity contribution is 5.82. The number of carbonyl (C=O) groups is 1. The molecule has 3 rings (SSSR count). The molecule has 3 heteroatoms. The Balaban J connectivity index is 1.59. The molecule has 0 radical (unpaired) electrons. The lowest BCUT2D eigenvalue weighted by Crippen LogP contribution is -2.11. The lowest BCUT2D eigenvalue weighted by molar-refractivity contribution is -0.118. The maximum Gasteiger partial charge on any atom is 0.138 e. The molecular formula is C17H20N2O. The Kier molecular flexibility index (Phi) is 4.07. The van der Waals surface area contributed by atoms with Gasteiger partial charge in [0.15, 0.2) is 0 Å². The van der Waals surface area contributed by atoms with Gasteiger partial charge >= 0.3 is 0 Å². The molecule has 1 aromatic carbocycles. The van der Waals surface area contributed by atoms with Gasteiger partial charge in [0.1, 0.15) is 5.78 Å². The Morgan fingerprint density at radius 1 is 1.25 bits per heavy atom. The van der Waals surface area contributed by atoms with Crippen molar-refractivity contribution in [2.45, 2.75) is 25.7 Å². The Morgan fingerprint density at radius 2 is 2.15 bits per heavy atom. The summed E-state index contributed by atoms with van der Waals surface area (Å²) in [5.74, 6) is 0.989. The fourth-order valence-corrected chi connectivity index (χ4v) is 2.82. The van der Waals surface area contributed by atoms with Crippen LogP contribution >= 0.6 is 0 Å². The number of pyridine rings is 1. The SMILES string of the molecule is O=C(CCC1CCNC1)Cc1ccc2ccccc2n1. The molecular weight excluding hydrogens is 248 g/mol. The molecule has 3 nitrogen and oxygen atoms in total. The Labute approximate surface area is 119 Å². The van der Waals surface area contributed by atoms with E-state index in [1.807, 2.05) is 36.4 Å². The molecule has 104 valence electrons.